The van der Waals surface area contributed by atoms with E-state index in [1.807, 2.05) is 39.1 Å². The van der Waals surface area contributed by atoms with Crippen LogP contribution < -0.4 is 11.1 Å². The molecule has 2 nitrogen and oxygen atoms in total. The summed E-state index contributed by atoms with van der Waals surface area (Å²) < 4.78 is 0. The van der Waals surface area contributed by atoms with Crippen LogP contribution in [-0.2, 0) is 0 Å². The molecule has 0 fully saturated rings. The molecule has 0 aromatic carbocycles. The van der Waals surface area contributed by atoms with Crippen molar-refractivity contribution in [3.63, 3.8) is 0 Å². The Morgan fingerprint density at radius 3 is 2.20 bits per heavy atom. The highest BCUT2D eigenvalue weighted by Gasteiger charge is 1.97. The Morgan fingerprint density at radius 1 is 1.27 bits per heavy atom. The van der Waals surface area contributed by atoms with Gasteiger partial charge in [-0.25, -0.2) is 0 Å². The molecule has 0 rings (SSSR count). The van der Waals surface area contributed by atoms with Crippen molar-refractivity contribution in [3.05, 3.63) is 60.0 Å². The summed E-state index contributed by atoms with van der Waals surface area (Å²) in [5, 5.41) is 3.09. The minimum absolute atomic E-state index is 0.765. The van der Waals surface area contributed by atoms with Crippen molar-refractivity contribution in [2.75, 3.05) is 7.05 Å². The fourth-order valence-corrected chi connectivity index (χ4v) is 1.05. The quantitative estimate of drug-likeness (QED) is 0.676. The van der Waals surface area contributed by atoms with E-state index >= 15 is 0 Å². The van der Waals surface area contributed by atoms with Crippen molar-refractivity contribution in [2.45, 2.75) is 13.8 Å². The standard InChI is InChI=1S/C13H20N2/c1-6-12(9-10(2)3)13(15-5)8-7-11(4)14/h6-9,15H,1-2,14H2,3-5H3/b11-7-,12-9+,13-8-. The van der Waals surface area contributed by atoms with Gasteiger partial charge in [0.1, 0.15) is 0 Å². The molecule has 0 aliphatic heterocycles. The van der Waals surface area contributed by atoms with E-state index in [0.29, 0.717) is 0 Å². The molecule has 15 heavy (non-hydrogen) atoms. The zero-order valence-electron chi connectivity index (χ0n) is 9.80. The lowest BCUT2D eigenvalue weighted by molar-refractivity contribution is 1.01. The lowest BCUT2D eigenvalue weighted by atomic mass is 10.1. The number of nitrogens with one attached hydrogen (secondary N) is 1. The molecule has 0 saturated heterocycles. The summed E-state index contributed by atoms with van der Waals surface area (Å²) in [6.07, 6.45) is 7.53. The molecule has 82 valence electrons. The van der Waals surface area contributed by atoms with Crippen LogP contribution in [0.2, 0.25) is 0 Å². The summed E-state index contributed by atoms with van der Waals surface area (Å²) in [5.74, 6) is 0. The first kappa shape index (κ1) is 13.3. The van der Waals surface area contributed by atoms with Crippen molar-refractivity contribution in [1.82, 2.24) is 5.32 Å². The number of allylic oxidation sites excluding steroid dienone is 6. The van der Waals surface area contributed by atoms with Gasteiger partial charge >= 0.3 is 0 Å². The highest BCUT2D eigenvalue weighted by atomic mass is 14.8. The third-order valence-electron chi connectivity index (χ3n) is 1.72. The van der Waals surface area contributed by atoms with Gasteiger partial charge in [0.05, 0.1) is 0 Å². The average Bonchev–Trinajstić information content (AvgIpc) is 2.15. The Hall–Kier alpha value is -1.70. The molecule has 0 atom stereocenters. The molecule has 0 saturated carbocycles. The Balaban J connectivity index is 5.09. The van der Waals surface area contributed by atoms with E-state index in [1.54, 1.807) is 6.08 Å². The first-order valence-corrected chi connectivity index (χ1v) is 4.83. The largest absolute Gasteiger partial charge is 0.402 e. The molecule has 0 unspecified atom stereocenters. The first-order valence-electron chi connectivity index (χ1n) is 4.83. The third-order valence-corrected chi connectivity index (χ3v) is 1.72. The van der Waals surface area contributed by atoms with Crippen LogP contribution in [0.25, 0.3) is 0 Å². The van der Waals surface area contributed by atoms with E-state index < -0.39 is 0 Å². The van der Waals surface area contributed by atoms with Crippen LogP contribution in [0.15, 0.2) is 60.0 Å². The van der Waals surface area contributed by atoms with E-state index in [-0.39, 0.29) is 0 Å². The normalized spacial score (nSPS) is 13.7. The van der Waals surface area contributed by atoms with Gasteiger partial charge in [0.2, 0.25) is 0 Å². The van der Waals surface area contributed by atoms with Crippen LogP contribution in [0.5, 0.6) is 0 Å². The number of rotatable bonds is 5. The van der Waals surface area contributed by atoms with Gasteiger partial charge in [0, 0.05) is 18.4 Å². The minimum Gasteiger partial charge on any atom is -0.402 e. The topological polar surface area (TPSA) is 38.0 Å². The van der Waals surface area contributed by atoms with Gasteiger partial charge in [-0.3, -0.25) is 0 Å². The molecular weight excluding hydrogens is 184 g/mol. The highest BCUT2D eigenvalue weighted by molar-refractivity contribution is 5.43. The summed E-state index contributed by atoms with van der Waals surface area (Å²) in [5.41, 5.74) is 9.29. The third kappa shape index (κ3) is 5.57. The average molecular weight is 204 g/mol. The van der Waals surface area contributed by atoms with Crippen molar-refractivity contribution in [1.29, 1.82) is 0 Å². The number of likely N-dealkylation sites (N-methyl/N-ethyl adjacent to an activating group) is 1. The Kier molecular flexibility index (Phi) is 5.95. The number of hydrogen-bond acceptors (Lipinski definition) is 2. The van der Waals surface area contributed by atoms with Crippen molar-refractivity contribution in [3.8, 4) is 0 Å². The zero-order valence-corrected chi connectivity index (χ0v) is 9.80. The predicted octanol–water partition coefficient (Wildman–Crippen LogP) is 2.64. The molecule has 0 aliphatic carbocycles. The summed E-state index contributed by atoms with van der Waals surface area (Å²) in [7, 11) is 1.86. The summed E-state index contributed by atoms with van der Waals surface area (Å²) >= 11 is 0. The fraction of sp³-hybridized carbons (Fsp3) is 0.231. The van der Waals surface area contributed by atoms with Crippen molar-refractivity contribution < 1.29 is 0 Å². The van der Waals surface area contributed by atoms with E-state index in [2.05, 4.69) is 18.5 Å². The zero-order chi connectivity index (χ0) is 11.8. The molecule has 0 aromatic rings. The maximum atomic E-state index is 5.56. The van der Waals surface area contributed by atoms with E-state index in [9.17, 15) is 0 Å². The second-order valence-corrected chi connectivity index (χ2v) is 3.39. The lowest BCUT2D eigenvalue weighted by Crippen LogP contribution is -2.07. The molecule has 0 bridgehead atoms. The van der Waals surface area contributed by atoms with Crippen molar-refractivity contribution >= 4 is 0 Å². The Labute approximate surface area is 92.6 Å². The van der Waals surface area contributed by atoms with Crippen LogP contribution >= 0.6 is 0 Å². The van der Waals surface area contributed by atoms with E-state index in [1.165, 1.54) is 0 Å². The summed E-state index contributed by atoms with van der Waals surface area (Å²) in [6, 6.07) is 0. The molecule has 3 N–H and O–H groups in total. The van der Waals surface area contributed by atoms with Gasteiger partial charge in [0.25, 0.3) is 0 Å². The molecular formula is C13H20N2. The molecule has 0 aromatic heterocycles. The van der Waals surface area contributed by atoms with E-state index in [4.69, 9.17) is 5.73 Å². The Bertz CT molecular complexity index is 326. The lowest BCUT2D eigenvalue weighted by Gasteiger charge is -2.07. The van der Waals surface area contributed by atoms with Gasteiger partial charge in [-0.05, 0) is 31.6 Å². The minimum atomic E-state index is 0.765. The Morgan fingerprint density at radius 2 is 1.87 bits per heavy atom. The van der Waals surface area contributed by atoms with Crippen LogP contribution in [-0.4, -0.2) is 7.05 Å². The SMILES string of the molecule is C=CC(=C\C(=C)C)/C(=C/C=C(/C)N)NC. The monoisotopic (exact) mass is 204 g/mol. The van der Waals surface area contributed by atoms with Crippen molar-refractivity contribution in [2.24, 2.45) is 5.73 Å². The number of nitrogens with two attached hydrogens (primary N) is 1. The molecule has 0 aliphatic rings. The van der Waals surface area contributed by atoms with Gasteiger partial charge in [-0.2, -0.15) is 0 Å². The smallest absolute Gasteiger partial charge is 0.0411 e. The maximum Gasteiger partial charge on any atom is 0.0411 e. The van der Waals surface area contributed by atoms with Crippen LogP contribution in [0.3, 0.4) is 0 Å². The highest BCUT2D eigenvalue weighted by Crippen LogP contribution is 2.10. The van der Waals surface area contributed by atoms with Gasteiger partial charge in [-0.15, -0.1) is 0 Å². The molecule has 0 spiro atoms. The second kappa shape index (κ2) is 6.71. The first-order chi connectivity index (χ1) is 7.01. The molecule has 0 heterocycles. The van der Waals surface area contributed by atoms with Crippen LogP contribution in [0, 0.1) is 0 Å². The number of hydrogen-bond donors (Lipinski definition) is 2. The molecule has 0 amide bonds. The van der Waals surface area contributed by atoms with Crippen LogP contribution in [0.1, 0.15) is 13.8 Å². The van der Waals surface area contributed by atoms with Crippen LogP contribution in [0.4, 0.5) is 0 Å². The van der Waals surface area contributed by atoms with Gasteiger partial charge in [-0.1, -0.05) is 30.9 Å². The molecule has 0 radical (unpaired) electrons. The van der Waals surface area contributed by atoms with Gasteiger partial charge in [0.15, 0.2) is 0 Å². The second-order valence-electron chi connectivity index (χ2n) is 3.39. The molecule has 2 heteroatoms. The summed E-state index contributed by atoms with van der Waals surface area (Å²) in [4.78, 5) is 0. The predicted molar refractivity (Wildman–Crippen MR) is 68.2 cm³/mol. The fourth-order valence-electron chi connectivity index (χ4n) is 1.05. The summed E-state index contributed by atoms with van der Waals surface area (Å²) in [6.45, 7) is 11.4. The van der Waals surface area contributed by atoms with E-state index in [0.717, 1.165) is 22.5 Å². The maximum absolute atomic E-state index is 5.56. The van der Waals surface area contributed by atoms with Gasteiger partial charge < -0.3 is 11.1 Å².